The molecular weight excluding hydrogens is 985 g/mol. The van der Waals surface area contributed by atoms with Crippen LogP contribution in [-0.2, 0) is 53.8 Å². The molecule has 426 valence electrons. The number of aromatic nitrogens is 1. The van der Waals surface area contributed by atoms with Crippen LogP contribution in [0.1, 0.15) is 139 Å². The molecule has 2 aromatic rings. The number of nitrogens with zero attached hydrogens (tertiary/aromatic N) is 2. The third kappa shape index (κ3) is 14.5. The van der Waals surface area contributed by atoms with Gasteiger partial charge in [0.1, 0.15) is 35.9 Å². The van der Waals surface area contributed by atoms with Gasteiger partial charge in [-0.15, -0.1) is 0 Å². The monoisotopic (exact) mass is 1080 g/mol. The van der Waals surface area contributed by atoms with Gasteiger partial charge in [0.25, 0.3) is 11.7 Å². The molecule has 1 aromatic heterocycles. The van der Waals surface area contributed by atoms with Gasteiger partial charge in [-0.2, -0.15) is 0 Å². The normalized spacial score (nSPS) is 34.3. The van der Waals surface area contributed by atoms with Gasteiger partial charge in [0.05, 0.1) is 29.9 Å². The molecule has 6 rings (SSSR count). The Morgan fingerprint density at radius 2 is 1.61 bits per heavy atom. The molecule has 14 atom stereocenters. The summed E-state index contributed by atoms with van der Waals surface area (Å²) in [5, 5.41) is 25.5. The van der Waals surface area contributed by atoms with Crippen molar-refractivity contribution in [3.8, 4) is 5.75 Å². The zero-order valence-electron chi connectivity index (χ0n) is 48.4. The van der Waals surface area contributed by atoms with Crippen LogP contribution in [0, 0.1) is 29.6 Å². The van der Waals surface area contributed by atoms with Gasteiger partial charge in [-0.1, -0.05) is 66.2 Å². The molecular formula is C60H94N2O13Si. The first kappa shape index (κ1) is 61.5. The maximum atomic E-state index is 14.7. The topological polar surface area (TPSA) is 182 Å². The molecule has 1 aromatic carbocycles. The summed E-state index contributed by atoms with van der Waals surface area (Å²) in [6.07, 6.45) is 7.50. The number of amides is 1. The SMILES string of the molecule is CCC1/C=C(\C)CC(C)CC(OC)C2OC(O)(C(=O)C(=O)N3CCCCC3C(=O)OC(C(C)=CC3CCC(Oc4ccc5ccn(CCCO[Si](C)(C)C(C)(C)C)c5c4)C(OC)C3)C(C)C(O)CC1=O)C(C)CC2OC. The van der Waals surface area contributed by atoms with E-state index < -0.39 is 86.1 Å². The summed E-state index contributed by atoms with van der Waals surface area (Å²) in [4.78, 5) is 58.9. The number of allylic oxidation sites excluding steroid dienone is 3. The number of ketones is 2. The first-order valence-electron chi connectivity index (χ1n) is 28.4. The number of cyclic esters (lactones) is 1. The van der Waals surface area contributed by atoms with Crippen LogP contribution in [-0.4, -0.2) is 140 Å². The lowest BCUT2D eigenvalue weighted by Gasteiger charge is -2.47. The molecule has 2 bridgehead atoms. The zero-order valence-corrected chi connectivity index (χ0v) is 49.4. The molecule has 0 spiro atoms. The van der Waals surface area contributed by atoms with Crippen molar-refractivity contribution in [1.82, 2.24) is 9.47 Å². The van der Waals surface area contributed by atoms with Crippen LogP contribution < -0.4 is 4.74 Å². The van der Waals surface area contributed by atoms with E-state index >= 15 is 0 Å². The smallest absolute Gasteiger partial charge is 0.329 e. The van der Waals surface area contributed by atoms with E-state index in [1.165, 1.54) is 4.90 Å². The van der Waals surface area contributed by atoms with Crippen LogP contribution in [0.5, 0.6) is 5.75 Å². The van der Waals surface area contributed by atoms with Gasteiger partial charge in [0.15, 0.2) is 8.32 Å². The van der Waals surface area contributed by atoms with Crippen molar-refractivity contribution < 1.29 is 62.2 Å². The van der Waals surface area contributed by atoms with Crippen molar-refractivity contribution in [3.05, 3.63) is 53.8 Å². The predicted octanol–water partition coefficient (Wildman–Crippen LogP) is 9.93. The van der Waals surface area contributed by atoms with Crippen LogP contribution in [0.3, 0.4) is 0 Å². The highest BCUT2D eigenvalue weighted by Crippen LogP contribution is 2.41. The van der Waals surface area contributed by atoms with Crippen LogP contribution >= 0.6 is 0 Å². The minimum atomic E-state index is -2.52. The number of rotatable bonds is 13. The Morgan fingerprint density at radius 1 is 0.908 bits per heavy atom. The summed E-state index contributed by atoms with van der Waals surface area (Å²) in [6, 6.07) is 7.19. The Hall–Kier alpha value is -3.74. The van der Waals surface area contributed by atoms with Gasteiger partial charge in [0.2, 0.25) is 5.79 Å². The largest absolute Gasteiger partial charge is 0.488 e. The van der Waals surface area contributed by atoms with Crippen LogP contribution in [0.15, 0.2) is 53.8 Å². The van der Waals surface area contributed by atoms with E-state index in [0.29, 0.717) is 50.5 Å². The lowest BCUT2D eigenvalue weighted by atomic mass is 9.81. The summed E-state index contributed by atoms with van der Waals surface area (Å²) in [5.41, 5.74) is 2.79. The van der Waals surface area contributed by atoms with E-state index in [-0.39, 0.29) is 60.7 Å². The first-order chi connectivity index (χ1) is 35.9. The van der Waals surface area contributed by atoms with Crippen LogP contribution in [0.2, 0.25) is 18.1 Å². The number of aliphatic hydroxyl groups is 2. The summed E-state index contributed by atoms with van der Waals surface area (Å²) in [7, 11) is 2.95. The summed E-state index contributed by atoms with van der Waals surface area (Å²) in [5.74, 6) is -6.78. The third-order valence-corrected chi connectivity index (χ3v) is 22.3. The number of carbonyl (C=O) groups excluding carboxylic acids is 4. The van der Waals surface area contributed by atoms with Crippen molar-refractivity contribution in [2.75, 3.05) is 34.5 Å². The van der Waals surface area contributed by atoms with Crippen molar-refractivity contribution in [2.45, 2.75) is 219 Å². The molecule has 1 aliphatic carbocycles. The van der Waals surface area contributed by atoms with Crippen molar-refractivity contribution in [3.63, 3.8) is 0 Å². The van der Waals surface area contributed by atoms with Crippen molar-refractivity contribution in [2.24, 2.45) is 29.6 Å². The number of ether oxygens (including phenoxy) is 6. The number of aryl methyl sites for hydroxylation is 1. The number of carbonyl (C=O) groups is 4. The Bertz CT molecular complexity index is 2360. The van der Waals surface area contributed by atoms with E-state index in [9.17, 15) is 29.4 Å². The number of hydrogen-bond donors (Lipinski definition) is 2. The molecule has 15 nitrogen and oxygen atoms in total. The standard InChI is InChI=1S/C60H94N2O13Si/c1-15-43-30-37(2)29-38(3)31-52(70-11)55-53(71-12)33-40(5)60(68,75-55)56(65)57(66)62-26-17-16-19-46(62)58(67)74-54(41(6)48(63)36-49(43)64)39(4)32-42-20-23-50(51(34-42)69-10)73-45-22-21-44-24-27-61(47(44)35-45)25-18-28-72-76(13,14)59(7,8)9/h21-22,24,27,30,32,35,38,40-43,46,48,50-55,63,68H,15-20,23,25-26,28-29,31,33-34,36H2,1-14H3/b37-30+,39-32?. The van der Waals surface area contributed by atoms with Crippen LogP contribution in [0.25, 0.3) is 10.9 Å². The fourth-order valence-corrected chi connectivity index (χ4v) is 13.0. The fraction of sp³-hybridized carbons (Fsp3) is 0.733. The van der Waals surface area contributed by atoms with E-state index in [1.807, 2.05) is 32.9 Å². The van der Waals surface area contributed by atoms with E-state index in [0.717, 1.165) is 48.2 Å². The lowest BCUT2D eigenvalue weighted by molar-refractivity contribution is -0.302. The molecule has 2 N–H and O–H groups in total. The van der Waals surface area contributed by atoms with E-state index in [2.05, 4.69) is 75.8 Å². The number of methoxy groups -OCH3 is 3. The molecule has 1 amide bonds. The predicted molar refractivity (Wildman–Crippen MR) is 296 cm³/mol. The second kappa shape index (κ2) is 26.5. The quantitative estimate of drug-likeness (QED) is 0.0637. The third-order valence-electron chi connectivity index (χ3n) is 17.7. The molecule has 76 heavy (non-hydrogen) atoms. The minimum absolute atomic E-state index is 0.00399. The number of fused-ring (bicyclic) bond motifs is 4. The van der Waals surface area contributed by atoms with Gasteiger partial charge >= 0.3 is 5.97 Å². The molecule has 2 saturated heterocycles. The number of piperidine rings is 1. The van der Waals surface area contributed by atoms with Gasteiger partial charge in [-0.25, -0.2) is 4.79 Å². The maximum Gasteiger partial charge on any atom is 0.329 e. The number of hydrogen-bond acceptors (Lipinski definition) is 13. The number of aliphatic hydroxyl groups excluding tert-OH is 1. The van der Waals surface area contributed by atoms with E-state index in [4.69, 9.17) is 32.8 Å². The summed E-state index contributed by atoms with van der Waals surface area (Å²) < 4.78 is 46.2. The van der Waals surface area contributed by atoms with Gasteiger partial charge in [0, 0.05) is 77.5 Å². The molecule has 14 unspecified atom stereocenters. The molecule has 4 heterocycles. The molecule has 0 radical (unpaired) electrons. The average molecular weight is 1080 g/mol. The lowest BCUT2D eigenvalue weighted by Crippen LogP contribution is -2.64. The number of Topliss-reactive ketones (excluding diaryl/α,β-unsaturated/α-hetero) is 2. The second-order valence-electron chi connectivity index (χ2n) is 24.4. The Labute approximate surface area is 454 Å². The Kier molecular flexibility index (Phi) is 21.4. The van der Waals surface area contributed by atoms with Gasteiger partial charge in [-0.3, -0.25) is 14.4 Å². The molecule has 3 fully saturated rings. The highest BCUT2D eigenvalue weighted by atomic mass is 28.4. The average Bonchev–Trinajstić information content (AvgIpc) is 3.79. The number of benzene rings is 1. The molecule has 4 aliphatic rings. The second-order valence-corrected chi connectivity index (χ2v) is 29.2. The minimum Gasteiger partial charge on any atom is -0.488 e. The first-order valence-corrected chi connectivity index (χ1v) is 31.3. The molecule has 3 aliphatic heterocycles. The summed E-state index contributed by atoms with van der Waals surface area (Å²) in [6.45, 7) is 24.3. The van der Waals surface area contributed by atoms with Crippen LogP contribution in [0.4, 0.5) is 0 Å². The zero-order chi connectivity index (χ0) is 55.9. The highest BCUT2D eigenvalue weighted by molar-refractivity contribution is 6.74. The van der Waals surface area contributed by atoms with Crippen molar-refractivity contribution >= 4 is 42.7 Å². The number of esters is 1. The van der Waals surface area contributed by atoms with E-state index in [1.54, 1.807) is 35.2 Å². The van der Waals surface area contributed by atoms with Gasteiger partial charge in [-0.05, 0) is 144 Å². The Balaban J connectivity index is 1.24. The van der Waals surface area contributed by atoms with Crippen molar-refractivity contribution in [1.29, 1.82) is 0 Å². The fourth-order valence-electron chi connectivity index (χ4n) is 11.9. The van der Waals surface area contributed by atoms with Gasteiger partial charge < -0.3 is 52.5 Å². The molecule has 1 saturated carbocycles. The summed E-state index contributed by atoms with van der Waals surface area (Å²) >= 11 is 0. The maximum absolute atomic E-state index is 14.7. The Morgan fingerprint density at radius 3 is 2.28 bits per heavy atom. The highest BCUT2D eigenvalue weighted by Gasteiger charge is 2.57. The molecule has 16 heteroatoms.